The first kappa shape index (κ1) is 18.0. The molecule has 1 saturated heterocycles. The average Bonchev–Trinajstić information content (AvgIpc) is 2.48. The van der Waals surface area contributed by atoms with Crippen LogP contribution >= 0.6 is 11.6 Å². The highest BCUT2D eigenvalue weighted by Gasteiger charge is 2.38. The summed E-state index contributed by atoms with van der Waals surface area (Å²) in [4.78, 5) is 23.5. The predicted octanol–water partition coefficient (Wildman–Crippen LogP) is 0.420. The summed E-state index contributed by atoms with van der Waals surface area (Å²) in [6, 6.07) is -1.50. The molecule has 21 heavy (non-hydrogen) atoms. The van der Waals surface area contributed by atoms with Crippen molar-refractivity contribution in [1.82, 2.24) is 10.6 Å². The summed E-state index contributed by atoms with van der Waals surface area (Å²) >= 11 is 5.90. The maximum atomic E-state index is 11.9. The van der Waals surface area contributed by atoms with E-state index >= 15 is 0 Å². The fraction of sp³-hybridized carbons (Fsp3) is 0.833. The molecule has 0 aromatic heterocycles. The van der Waals surface area contributed by atoms with E-state index in [4.69, 9.17) is 16.3 Å². The number of carbonyl (C=O) groups excluding carboxylic acids is 2. The number of hydrogen-bond acceptors (Lipinski definition) is 5. The van der Waals surface area contributed by atoms with E-state index in [2.05, 4.69) is 10.6 Å². The Morgan fingerprint density at radius 2 is 1.86 bits per heavy atom. The molecule has 2 N–H and O–H groups in total. The number of nitrogens with one attached hydrogen (secondary N) is 2. The lowest BCUT2D eigenvalue weighted by Crippen LogP contribution is -2.51. The lowest BCUT2D eigenvalue weighted by atomic mass is 10.2. The number of halogens is 1. The molecule has 1 rings (SSSR count). The highest BCUT2D eigenvalue weighted by molar-refractivity contribution is 7.91. The molecule has 9 heteroatoms. The van der Waals surface area contributed by atoms with Crippen molar-refractivity contribution >= 4 is 33.4 Å². The third kappa shape index (κ3) is 6.09. The van der Waals surface area contributed by atoms with E-state index in [1.165, 1.54) is 6.92 Å². The number of carbonyl (C=O) groups is 2. The number of ether oxygens (including phenoxy) is 1. The van der Waals surface area contributed by atoms with Crippen LogP contribution in [0.25, 0.3) is 0 Å². The average molecular weight is 341 g/mol. The molecule has 0 radical (unpaired) electrons. The van der Waals surface area contributed by atoms with Crippen molar-refractivity contribution in [2.24, 2.45) is 0 Å². The van der Waals surface area contributed by atoms with Gasteiger partial charge in [-0.05, 0) is 27.7 Å². The Morgan fingerprint density at radius 1 is 1.29 bits per heavy atom. The van der Waals surface area contributed by atoms with Gasteiger partial charge in [-0.25, -0.2) is 13.2 Å². The maximum absolute atomic E-state index is 11.9. The molecule has 0 aliphatic carbocycles. The van der Waals surface area contributed by atoms with Crippen LogP contribution in [0.1, 0.15) is 27.7 Å². The van der Waals surface area contributed by atoms with Gasteiger partial charge >= 0.3 is 6.09 Å². The van der Waals surface area contributed by atoms with Crippen LogP contribution in [-0.4, -0.2) is 55.0 Å². The zero-order chi connectivity index (χ0) is 16.4. The fourth-order valence-corrected chi connectivity index (χ4v) is 4.34. The highest BCUT2D eigenvalue weighted by atomic mass is 35.5. The molecule has 1 aliphatic heterocycles. The predicted molar refractivity (Wildman–Crippen MR) is 79.1 cm³/mol. The Morgan fingerprint density at radius 3 is 2.29 bits per heavy atom. The summed E-state index contributed by atoms with van der Waals surface area (Å²) in [5, 5.41) is 4.25. The van der Waals surface area contributed by atoms with E-state index in [1.807, 2.05) is 0 Å². The molecule has 0 bridgehead atoms. The Labute approximate surface area is 129 Å². The SMILES string of the molecule is C[C@H](NC(=O)OC(C)(C)C)C(=O)N[C@@H]1CS(=O)(=O)C[C@@H]1Cl. The Kier molecular flexibility index (Phi) is 5.49. The third-order valence-corrected chi connectivity index (χ3v) is 5.11. The van der Waals surface area contributed by atoms with Crippen molar-refractivity contribution in [3.63, 3.8) is 0 Å². The zero-order valence-electron chi connectivity index (χ0n) is 12.5. The van der Waals surface area contributed by atoms with Gasteiger partial charge in [0.25, 0.3) is 0 Å². The van der Waals surface area contributed by atoms with Crippen molar-refractivity contribution in [2.75, 3.05) is 11.5 Å². The normalized spacial score (nSPS) is 26.0. The molecular weight excluding hydrogens is 320 g/mol. The van der Waals surface area contributed by atoms with Gasteiger partial charge in [0.15, 0.2) is 9.84 Å². The van der Waals surface area contributed by atoms with Gasteiger partial charge in [0.05, 0.1) is 22.9 Å². The van der Waals surface area contributed by atoms with E-state index < -0.39 is 44.9 Å². The fourth-order valence-electron chi connectivity index (χ4n) is 1.79. The Bertz CT molecular complexity index is 514. The second-order valence-corrected chi connectivity index (χ2v) is 8.79. The summed E-state index contributed by atoms with van der Waals surface area (Å²) in [5.74, 6) is -0.854. The van der Waals surface area contributed by atoms with Gasteiger partial charge in [-0.15, -0.1) is 11.6 Å². The molecule has 0 spiro atoms. The first-order valence-corrected chi connectivity index (χ1v) is 8.80. The minimum atomic E-state index is -3.22. The summed E-state index contributed by atoms with van der Waals surface area (Å²) in [6.45, 7) is 6.60. The van der Waals surface area contributed by atoms with Crippen LogP contribution in [0.3, 0.4) is 0 Å². The van der Waals surface area contributed by atoms with Gasteiger partial charge in [0.2, 0.25) is 5.91 Å². The quantitative estimate of drug-likeness (QED) is 0.725. The number of amides is 2. The van der Waals surface area contributed by atoms with E-state index in [1.54, 1.807) is 20.8 Å². The first-order valence-electron chi connectivity index (χ1n) is 6.54. The Balaban J connectivity index is 2.50. The van der Waals surface area contributed by atoms with Gasteiger partial charge in [0, 0.05) is 0 Å². The van der Waals surface area contributed by atoms with Gasteiger partial charge in [-0.2, -0.15) is 0 Å². The molecule has 0 aromatic rings. The van der Waals surface area contributed by atoms with Crippen LogP contribution in [0, 0.1) is 0 Å². The summed E-state index contributed by atoms with van der Waals surface area (Å²) in [6.07, 6.45) is -0.716. The smallest absolute Gasteiger partial charge is 0.408 e. The molecule has 1 heterocycles. The van der Waals surface area contributed by atoms with Crippen LogP contribution < -0.4 is 10.6 Å². The lowest BCUT2D eigenvalue weighted by Gasteiger charge is -2.22. The lowest BCUT2D eigenvalue weighted by molar-refractivity contribution is -0.123. The number of hydrogen-bond donors (Lipinski definition) is 2. The molecule has 1 aliphatic rings. The van der Waals surface area contributed by atoms with Gasteiger partial charge in [0.1, 0.15) is 11.6 Å². The molecule has 3 atom stereocenters. The maximum Gasteiger partial charge on any atom is 0.408 e. The highest BCUT2D eigenvalue weighted by Crippen LogP contribution is 2.18. The number of rotatable bonds is 3. The van der Waals surface area contributed by atoms with Gasteiger partial charge in [-0.3, -0.25) is 4.79 Å². The van der Waals surface area contributed by atoms with Crippen LogP contribution in [0.2, 0.25) is 0 Å². The molecule has 122 valence electrons. The first-order chi connectivity index (χ1) is 9.39. The Hall–Kier alpha value is -1.02. The molecule has 7 nitrogen and oxygen atoms in total. The minimum Gasteiger partial charge on any atom is -0.444 e. The van der Waals surface area contributed by atoms with Crippen LogP contribution in [0.4, 0.5) is 4.79 Å². The summed E-state index contributed by atoms with van der Waals surface area (Å²) < 4.78 is 27.9. The van der Waals surface area contributed by atoms with Crippen LogP contribution in [0.15, 0.2) is 0 Å². The van der Waals surface area contributed by atoms with Crippen molar-refractivity contribution in [3.05, 3.63) is 0 Å². The number of alkyl halides is 1. The second-order valence-electron chi connectivity index (χ2n) is 6.08. The standard InChI is InChI=1S/C12H21ClN2O5S/c1-7(14-11(17)20-12(2,3)4)10(16)15-9-6-21(18,19)5-8(9)13/h7-9H,5-6H2,1-4H3,(H,14,17)(H,15,16)/t7-,8-,9+/m0/s1. The summed E-state index contributed by atoms with van der Waals surface area (Å²) in [5.41, 5.74) is -0.666. The second kappa shape index (κ2) is 6.39. The third-order valence-electron chi connectivity index (χ3n) is 2.74. The van der Waals surface area contributed by atoms with Crippen molar-refractivity contribution in [2.45, 2.75) is 50.8 Å². The van der Waals surface area contributed by atoms with E-state index in [-0.39, 0.29) is 11.5 Å². The van der Waals surface area contributed by atoms with Crippen LogP contribution in [0.5, 0.6) is 0 Å². The zero-order valence-corrected chi connectivity index (χ0v) is 14.0. The van der Waals surface area contributed by atoms with Crippen molar-refractivity contribution in [3.8, 4) is 0 Å². The molecule has 0 saturated carbocycles. The molecular formula is C12H21ClN2O5S. The molecule has 1 fully saturated rings. The van der Waals surface area contributed by atoms with Gasteiger partial charge < -0.3 is 15.4 Å². The van der Waals surface area contributed by atoms with E-state index in [0.717, 1.165) is 0 Å². The van der Waals surface area contributed by atoms with Gasteiger partial charge in [-0.1, -0.05) is 0 Å². The topological polar surface area (TPSA) is 102 Å². The van der Waals surface area contributed by atoms with E-state index in [0.29, 0.717) is 0 Å². The van der Waals surface area contributed by atoms with E-state index in [9.17, 15) is 18.0 Å². The molecule has 0 aromatic carbocycles. The minimum absolute atomic E-state index is 0.159. The summed E-state index contributed by atoms with van der Waals surface area (Å²) in [7, 11) is -3.22. The molecule has 2 amide bonds. The monoisotopic (exact) mass is 340 g/mol. The van der Waals surface area contributed by atoms with Crippen LogP contribution in [-0.2, 0) is 19.4 Å². The van der Waals surface area contributed by atoms with Crippen molar-refractivity contribution < 1.29 is 22.7 Å². The number of sulfone groups is 1. The molecule has 0 unspecified atom stereocenters. The largest absolute Gasteiger partial charge is 0.444 e. The van der Waals surface area contributed by atoms with Crippen molar-refractivity contribution in [1.29, 1.82) is 0 Å². The number of alkyl carbamates (subject to hydrolysis) is 1.